The lowest BCUT2D eigenvalue weighted by Crippen LogP contribution is -2.48. The molecule has 3 aromatic rings. The first-order chi connectivity index (χ1) is 13.4. The largest absolute Gasteiger partial charge is 0.369 e. The molecule has 2 aromatic carbocycles. The summed E-state index contributed by atoms with van der Waals surface area (Å²) in [7, 11) is -3.58. The summed E-state index contributed by atoms with van der Waals surface area (Å²) in [5.41, 5.74) is 3.33. The van der Waals surface area contributed by atoms with Crippen molar-refractivity contribution in [3.8, 4) is 11.3 Å². The van der Waals surface area contributed by atoms with Gasteiger partial charge in [-0.3, -0.25) is 0 Å². The van der Waals surface area contributed by atoms with Gasteiger partial charge in [0, 0.05) is 43.5 Å². The number of rotatable bonds is 4. The molecule has 146 valence electrons. The first kappa shape index (κ1) is 18.7. The van der Waals surface area contributed by atoms with E-state index in [2.05, 4.69) is 22.2 Å². The van der Waals surface area contributed by atoms with Crippen LogP contribution in [-0.4, -0.2) is 44.1 Å². The smallest absolute Gasteiger partial charge is 0.243 e. The van der Waals surface area contributed by atoms with Crippen molar-refractivity contribution < 1.29 is 12.9 Å². The molecule has 28 heavy (non-hydrogen) atoms. The molecule has 0 saturated carbocycles. The van der Waals surface area contributed by atoms with Crippen LogP contribution in [0.2, 0.25) is 0 Å². The highest BCUT2D eigenvalue weighted by Crippen LogP contribution is 2.28. The Morgan fingerprint density at radius 2 is 1.64 bits per heavy atom. The van der Waals surface area contributed by atoms with E-state index in [0.29, 0.717) is 42.4 Å². The Morgan fingerprint density at radius 1 is 0.929 bits per heavy atom. The van der Waals surface area contributed by atoms with Crippen LogP contribution in [0, 0.1) is 13.8 Å². The van der Waals surface area contributed by atoms with E-state index in [1.54, 1.807) is 16.4 Å². The molecular formula is C21H23N3O3S. The van der Waals surface area contributed by atoms with E-state index < -0.39 is 10.0 Å². The SMILES string of the molecule is Cc1cc(-c2ccc(C)c(S(=O)(=O)N3CCN(c4ccccc4)CC3)c2)on1. The van der Waals surface area contributed by atoms with Crippen LogP contribution in [0.3, 0.4) is 0 Å². The number of piperazine rings is 1. The van der Waals surface area contributed by atoms with E-state index in [9.17, 15) is 8.42 Å². The fourth-order valence-electron chi connectivity index (χ4n) is 3.50. The molecule has 0 radical (unpaired) electrons. The Hall–Kier alpha value is -2.64. The summed E-state index contributed by atoms with van der Waals surface area (Å²) in [6.45, 7) is 5.92. The topological polar surface area (TPSA) is 66.7 Å². The van der Waals surface area contributed by atoms with E-state index in [1.807, 2.05) is 44.2 Å². The summed E-state index contributed by atoms with van der Waals surface area (Å²) < 4.78 is 33.5. The van der Waals surface area contributed by atoms with E-state index in [0.717, 1.165) is 16.9 Å². The van der Waals surface area contributed by atoms with Crippen molar-refractivity contribution in [1.82, 2.24) is 9.46 Å². The predicted octanol–water partition coefficient (Wildman–Crippen LogP) is 3.47. The highest BCUT2D eigenvalue weighted by molar-refractivity contribution is 7.89. The maximum absolute atomic E-state index is 13.3. The second-order valence-electron chi connectivity index (χ2n) is 7.04. The van der Waals surface area contributed by atoms with Crippen molar-refractivity contribution in [2.45, 2.75) is 18.7 Å². The molecule has 0 atom stereocenters. The van der Waals surface area contributed by atoms with Crippen LogP contribution in [0.1, 0.15) is 11.3 Å². The Morgan fingerprint density at radius 3 is 2.29 bits per heavy atom. The van der Waals surface area contributed by atoms with Gasteiger partial charge in [0.25, 0.3) is 0 Å². The monoisotopic (exact) mass is 397 g/mol. The Balaban J connectivity index is 1.57. The average molecular weight is 398 g/mol. The minimum Gasteiger partial charge on any atom is -0.369 e. The van der Waals surface area contributed by atoms with Gasteiger partial charge in [0.05, 0.1) is 10.6 Å². The van der Waals surface area contributed by atoms with Crippen LogP contribution in [0.25, 0.3) is 11.3 Å². The fourth-order valence-corrected chi connectivity index (χ4v) is 5.17. The van der Waals surface area contributed by atoms with E-state index in [-0.39, 0.29) is 0 Å². The fraction of sp³-hybridized carbons (Fsp3) is 0.286. The van der Waals surface area contributed by atoms with E-state index in [4.69, 9.17) is 4.52 Å². The Kier molecular flexibility index (Phi) is 4.95. The van der Waals surface area contributed by atoms with Crippen molar-refractivity contribution in [2.75, 3.05) is 31.1 Å². The van der Waals surface area contributed by atoms with E-state index in [1.165, 1.54) is 0 Å². The molecule has 0 amide bonds. The number of sulfonamides is 1. The lowest BCUT2D eigenvalue weighted by atomic mass is 10.1. The normalized spacial score (nSPS) is 15.7. The van der Waals surface area contributed by atoms with E-state index >= 15 is 0 Å². The number of para-hydroxylation sites is 1. The molecule has 2 heterocycles. The lowest BCUT2D eigenvalue weighted by Gasteiger charge is -2.35. The second kappa shape index (κ2) is 7.41. The van der Waals surface area contributed by atoms with Crippen molar-refractivity contribution in [1.29, 1.82) is 0 Å². The summed E-state index contributed by atoms with van der Waals surface area (Å²) >= 11 is 0. The summed E-state index contributed by atoms with van der Waals surface area (Å²) in [6.07, 6.45) is 0. The molecule has 0 spiro atoms. The van der Waals surface area contributed by atoms with Crippen molar-refractivity contribution >= 4 is 15.7 Å². The molecule has 1 aromatic heterocycles. The molecule has 0 aliphatic carbocycles. The van der Waals surface area contributed by atoms with Crippen LogP contribution in [0.4, 0.5) is 5.69 Å². The molecule has 0 bridgehead atoms. The van der Waals surface area contributed by atoms with Gasteiger partial charge in [-0.25, -0.2) is 8.42 Å². The summed E-state index contributed by atoms with van der Waals surface area (Å²) in [5, 5.41) is 3.89. The van der Waals surface area contributed by atoms with Gasteiger partial charge in [0.1, 0.15) is 0 Å². The van der Waals surface area contributed by atoms with Crippen LogP contribution in [-0.2, 0) is 10.0 Å². The second-order valence-corrected chi connectivity index (χ2v) is 8.95. The van der Waals surface area contributed by atoms with Gasteiger partial charge in [-0.1, -0.05) is 35.5 Å². The van der Waals surface area contributed by atoms with Crippen molar-refractivity contribution in [3.05, 3.63) is 65.9 Å². The third kappa shape index (κ3) is 3.55. The summed E-state index contributed by atoms with van der Waals surface area (Å²) in [4.78, 5) is 2.54. The standard InChI is InChI=1S/C21H23N3O3S/c1-16-8-9-18(20-14-17(2)22-27-20)15-21(16)28(25,26)24-12-10-23(11-13-24)19-6-4-3-5-7-19/h3-9,14-15H,10-13H2,1-2H3. The van der Waals surface area contributed by atoms with Gasteiger partial charge in [-0.2, -0.15) is 4.31 Å². The van der Waals surface area contributed by atoms with Gasteiger partial charge in [-0.15, -0.1) is 0 Å². The van der Waals surface area contributed by atoms with Crippen molar-refractivity contribution in [3.63, 3.8) is 0 Å². The molecule has 6 nitrogen and oxygen atoms in total. The molecule has 1 aliphatic heterocycles. The van der Waals surface area contributed by atoms with Gasteiger partial charge < -0.3 is 9.42 Å². The third-order valence-electron chi connectivity index (χ3n) is 5.08. The number of aromatic nitrogens is 1. The number of benzene rings is 2. The summed E-state index contributed by atoms with van der Waals surface area (Å²) in [6, 6.07) is 17.3. The Labute approximate surface area is 165 Å². The number of hydrogen-bond acceptors (Lipinski definition) is 5. The van der Waals surface area contributed by atoms with Crippen LogP contribution < -0.4 is 4.90 Å². The summed E-state index contributed by atoms with van der Waals surface area (Å²) in [5.74, 6) is 0.572. The van der Waals surface area contributed by atoms with Crippen LogP contribution >= 0.6 is 0 Å². The molecule has 1 aliphatic rings. The molecule has 7 heteroatoms. The zero-order valence-electron chi connectivity index (χ0n) is 16.0. The van der Waals surface area contributed by atoms with Gasteiger partial charge >= 0.3 is 0 Å². The Bertz CT molecular complexity index is 1070. The first-order valence-electron chi connectivity index (χ1n) is 9.29. The minimum atomic E-state index is -3.58. The van der Waals surface area contributed by atoms with Gasteiger partial charge in [0.15, 0.2) is 5.76 Å². The maximum atomic E-state index is 13.3. The van der Waals surface area contributed by atoms with Crippen LogP contribution in [0.5, 0.6) is 0 Å². The quantitative estimate of drug-likeness (QED) is 0.674. The highest BCUT2D eigenvalue weighted by Gasteiger charge is 2.30. The first-order valence-corrected chi connectivity index (χ1v) is 10.7. The number of aryl methyl sites for hydroxylation is 2. The predicted molar refractivity (Wildman–Crippen MR) is 109 cm³/mol. The molecular weight excluding hydrogens is 374 g/mol. The molecule has 0 N–H and O–H groups in total. The molecule has 4 rings (SSSR count). The maximum Gasteiger partial charge on any atom is 0.243 e. The molecule has 1 fully saturated rings. The number of nitrogens with zero attached hydrogens (tertiary/aromatic N) is 3. The van der Waals surface area contributed by atoms with Gasteiger partial charge in [0.2, 0.25) is 10.0 Å². The lowest BCUT2D eigenvalue weighted by molar-refractivity contribution is 0.384. The van der Waals surface area contributed by atoms with Gasteiger partial charge in [-0.05, 0) is 37.6 Å². The van der Waals surface area contributed by atoms with Crippen LogP contribution in [0.15, 0.2) is 64.0 Å². The minimum absolute atomic E-state index is 0.326. The molecule has 0 unspecified atom stereocenters. The third-order valence-corrected chi connectivity index (χ3v) is 7.12. The highest BCUT2D eigenvalue weighted by atomic mass is 32.2. The zero-order valence-corrected chi connectivity index (χ0v) is 16.8. The number of anilines is 1. The number of hydrogen-bond donors (Lipinski definition) is 0. The average Bonchev–Trinajstić information content (AvgIpc) is 3.15. The zero-order chi connectivity index (χ0) is 19.7. The van der Waals surface area contributed by atoms with Crippen molar-refractivity contribution in [2.24, 2.45) is 0 Å². The molecule has 1 saturated heterocycles.